The molecule has 0 atom stereocenters. The van der Waals surface area contributed by atoms with Crippen molar-refractivity contribution in [1.82, 2.24) is 0 Å². The van der Waals surface area contributed by atoms with E-state index in [1.165, 1.54) is 21.5 Å². The molecule has 0 saturated carbocycles. The van der Waals surface area contributed by atoms with Crippen molar-refractivity contribution < 1.29 is 5.11 Å². The average molecular weight is 320 g/mol. The van der Waals surface area contributed by atoms with E-state index in [0.717, 1.165) is 21.9 Å². The van der Waals surface area contributed by atoms with Gasteiger partial charge in [-0.2, -0.15) is 0 Å². The molecule has 0 aromatic heterocycles. The lowest BCUT2D eigenvalue weighted by molar-refractivity contribution is 0.482. The lowest BCUT2D eigenvalue weighted by atomic mass is 9.93. The molecule has 1 heteroatoms. The minimum Gasteiger partial charge on any atom is -0.507 e. The second-order valence-electron chi connectivity index (χ2n) is 6.41. The Labute approximate surface area is 145 Å². The summed E-state index contributed by atoms with van der Waals surface area (Å²) < 4.78 is 0. The van der Waals surface area contributed by atoms with E-state index in [1.54, 1.807) is 0 Å². The van der Waals surface area contributed by atoms with Crippen LogP contribution in [0, 0.1) is 0 Å². The second kappa shape index (κ2) is 5.35. The first kappa shape index (κ1) is 14.1. The van der Waals surface area contributed by atoms with E-state index in [4.69, 9.17) is 0 Å². The first-order chi connectivity index (χ1) is 12.3. The monoisotopic (exact) mass is 320 g/mol. The third-order valence-electron chi connectivity index (χ3n) is 4.93. The summed E-state index contributed by atoms with van der Waals surface area (Å²) in [5.74, 6) is 0.325. The Morgan fingerprint density at radius 1 is 0.480 bits per heavy atom. The van der Waals surface area contributed by atoms with Gasteiger partial charge in [0.1, 0.15) is 5.75 Å². The molecule has 5 aromatic rings. The summed E-state index contributed by atoms with van der Waals surface area (Å²) in [5, 5.41) is 17.4. The van der Waals surface area contributed by atoms with Crippen LogP contribution in [0.15, 0.2) is 91.0 Å². The summed E-state index contributed by atoms with van der Waals surface area (Å²) in [6.07, 6.45) is 0. The van der Waals surface area contributed by atoms with Gasteiger partial charge in [-0.05, 0) is 50.2 Å². The summed E-state index contributed by atoms with van der Waals surface area (Å²) in [4.78, 5) is 0. The molecule has 0 aliphatic rings. The van der Waals surface area contributed by atoms with E-state index in [-0.39, 0.29) is 0 Å². The van der Waals surface area contributed by atoms with E-state index in [1.807, 2.05) is 30.3 Å². The molecular formula is C24H16O. The van der Waals surface area contributed by atoms with Crippen LogP contribution >= 0.6 is 0 Å². The fourth-order valence-electron chi connectivity index (χ4n) is 3.72. The smallest absolute Gasteiger partial charge is 0.124 e. The van der Waals surface area contributed by atoms with Gasteiger partial charge in [0, 0.05) is 5.39 Å². The maximum Gasteiger partial charge on any atom is 0.124 e. The standard InChI is InChI=1S/C24H16O/c25-23-15-19(16-6-2-1-3-7-16)14-22-21(23)13-12-18-11-10-17-8-4-5-9-20(17)24(18)22/h1-15,25H. The minimum absolute atomic E-state index is 0.325. The van der Waals surface area contributed by atoms with Crippen LogP contribution in [0.25, 0.3) is 43.4 Å². The number of aromatic hydroxyl groups is 1. The predicted octanol–water partition coefficient (Wildman–Crippen LogP) is 6.52. The molecule has 5 rings (SSSR count). The number of phenolic OH excluding ortho intramolecular Hbond substituents is 1. The quantitative estimate of drug-likeness (QED) is 0.349. The van der Waals surface area contributed by atoms with Crippen molar-refractivity contribution in [2.75, 3.05) is 0 Å². The van der Waals surface area contributed by atoms with Crippen LogP contribution in [0.5, 0.6) is 5.75 Å². The van der Waals surface area contributed by atoms with Gasteiger partial charge in [-0.1, -0.05) is 78.9 Å². The predicted molar refractivity (Wildman–Crippen MR) is 106 cm³/mol. The molecule has 0 aliphatic heterocycles. The lowest BCUT2D eigenvalue weighted by Crippen LogP contribution is -1.84. The topological polar surface area (TPSA) is 20.2 Å². The van der Waals surface area contributed by atoms with Crippen LogP contribution < -0.4 is 0 Å². The van der Waals surface area contributed by atoms with Crippen molar-refractivity contribution >= 4 is 32.3 Å². The molecule has 1 nitrogen and oxygen atoms in total. The highest BCUT2D eigenvalue weighted by Crippen LogP contribution is 2.38. The van der Waals surface area contributed by atoms with Crippen molar-refractivity contribution in [3.05, 3.63) is 91.0 Å². The van der Waals surface area contributed by atoms with Crippen LogP contribution in [0.3, 0.4) is 0 Å². The lowest BCUT2D eigenvalue weighted by Gasteiger charge is -2.11. The fourth-order valence-corrected chi connectivity index (χ4v) is 3.72. The van der Waals surface area contributed by atoms with E-state index in [9.17, 15) is 5.11 Å². The number of fused-ring (bicyclic) bond motifs is 5. The van der Waals surface area contributed by atoms with Crippen molar-refractivity contribution in [3.63, 3.8) is 0 Å². The largest absolute Gasteiger partial charge is 0.507 e. The van der Waals surface area contributed by atoms with E-state index < -0.39 is 0 Å². The number of hydrogen-bond acceptors (Lipinski definition) is 1. The van der Waals surface area contributed by atoms with Crippen LogP contribution in [0.1, 0.15) is 0 Å². The molecule has 0 radical (unpaired) electrons. The van der Waals surface area contributed by atoms with Crippen molar-refractivity contribution in [2.24, 2.45) is 0 Å². The molecule has 0 amide bonds. The molecular weight excluding hydrogens is 304 g/mol. The zero-order chi connectivity index (χ0) is 16.8. The Morgan fingerprint density at radius 2 is 1.20 bits per heavy atom. The van der Waals surface area contributed by atoms with Gasteiger partial charge in [-0.15, -0.1) is 0 Å². The van der Waals surface area contributed by atoms with Gasteiger partial charge in [-0.3, -0.25) is 0 Å². The number of benzene rings is 5. The molecule has 5 aromatic carbocycles. The molecule has 0 aliphatic carbocycles. The van der Waals surface area contributed by atoms with Gasteiger partial charge >= 0.3 is 0 Å². The van der Waals surface area contributed by atoms with Gasteiger partial charge < -0.3 is 5.11 Å². The van der Waals surface area contributed by atoms with E-state index >= 15 is 0 Å². The molecule has 118 valence electrons. The Morgan fingerprint density at radius 3 is 2.08 bits per heavy atom. The normalized spacial score (nSPS) is 11.4. The highest BCUT2D eigenvalue weighted by atomic mass is 16.3. The van der Waals surface area contributed by atoms with E-state index in [0.29, 0.717) is 5.75 Å². The van der Waals surface area contributed by atoms with Crippen molar-refractivity contribution in [3.8, 4) is 16.9 Å². The Bertz CT molecular complexity index is 1240. The molecule has 0 heterocycles. The zero-order valence-corrected chi connectivity index (χ0v) is 13.6. The average Bonchev–Trinajstić information content (AvgIpc) is 2.68. The third kappa shape index (κ3) is 2.17. The number of phenols is 1. The highest BCUT2D eigenvalue weighted by Gasteiger charge is 2.10. The second-order valence-corrected chi connectivity index (χ2v) is 6.41. The summed E-state index contributed by atoms with van der Waals surface area (Å²) >= 11 is 0. The van der Waals surface area contributed by atoms with Crippen LogP contribution in [-0.2, 0) is 0 Å². The van der Waals surface area contributed by atoms with Gasteiger partial charge in [-0.25, -0.2) is 0 Å². The Balaban J connectivity index is 1.97. The number of hydrogen-bond donors (Lipinski definition) is 1. The van der Waals surface area contributed by atoms with Gasteiger partial charge in [0.2, 0.25) is 0 Å². The van der Waals surface area contributed by atoms with Gasteiger partial charge in [0.15, 0.2) is 0 Å². The molecule has 0 fully saturated rings. The summed E-state index contributed by atoms with van der Waals surface area (Å²) in [7, 11) is 0. The maximum absolute atomic E-state index is 10.6. The Hall–Kier alpha value is -3.32. The van der Waals surface area contributed by atoms with Crippen molar-refractivity contribution in [2.45, 2.75) is 0 Å². The molecule has 0 unspecified atom stereocenters. The first-order valence-electron chi connectivity index (χ1n) is 8.44. The van der Waals surface area contributed by atoms with Crippen molar-refractivity contribution in [1.29, 1.82) is 0 Å². The molecule has 25 heavy (non-hydrogen) atoms. The summed E-state index contributed by atoms with van der Waals surface area (Å²) in [6.45, 7) is 0. The summed E-state index contributed by atoms with van der Waals surface area (Å²) in [5.41, 5.74) is 2.14. The fraction of sp³-hybridized carbons (Fsp3) is 0. The van der Waals surface area contributed by atoms with Crippen LogP contribution in [-0.4, -0.2) is 5.11 Å². The van der Waals surface area contributed by atoms with E-state index in [2.05, 4.69) is 60.7 Å². The Kier molecular flexibility index (Phi) is 3.01. The van der Waals surface area contributed by atoms with Crippen LogP contribution in [0.4, 0.5) is 0 Å². The maximum atomic E-state index is 10.6. The number of rotatable bonds is 1. The highest BCUT2D eigenvalue weighted by molar-refractivity contribution is 6.21. The molecule has 1 N–H and O–H groups in total. The SMILES string of the molecule is Oc1cc(-c2ccccc2)cc2c1ccc1ccc3ccccc3c12. The molecule has 0 bridgehead atoms. The van der Waals surface area contributed by atoms with Crippen LogP contribution in [0.2, 0.25) is 0 Å². The summed E-state index contributed by atoms with van der Waals surface area (Å²) in [6, 6.07) is 31.1. The zero-order valence-electron chi connectivity index (χ0n) is 13.6. The first-order valence-corrected chi connectivity index (χ1v) is 8.44. The van der Waals surface area contributed by atoms with Gasteiger partial charge in [0.25, 0.3) is 0 Å². The third-order valence-corrected chi connectivity index (χ3v) is 4.93. The van der Waals surface area contributed by atoms with Gasteiger partial charge in [0.05, 0.1) is 0 Å². The molecule has 0 saturated heterocycles. The minimum atomic E-state index is 0.325. The molecule has 0 spiro atoms.